The van der Waals surface area contributed by atoms with Crippen LogP contribution >= 0.6 is 0 Å². The highest BCUT2D eigenvalue weighted by molar-refractivity contribution is 5.82. The van der Waals surface area contributed by atoms with Crippen molar-refractivity contribution in [2.24, 2.45) is 34.0 Å². The molecule has 4 aliphatic carbocycles. The number of Topliss-reactive ketones (excluding diaryl/α,β-unsaturated/α-hetero) is 3. The van der Waals surface area contributed by atoms with Crippen molar-refractivity contribution in [3.63, 3.8) is 0 Å². The van der Waals surface area contributed by atoms with Crippen LogP contribution in [0.5, 0.6) is 0 Å². The van der Waals surface area contributed by atoms with Crippen LogP contribution in [0.4, 0.5) is 0 Å². The molecule has 4 saturated carbocycles. The highest BCUT2D eigenvalue weighted by atomic mass is 16.1. The average Bonchev–Trinajstić information content (AvgIpc) is 3.47. The van der Waals surface area contributed by atoms with Crippen LogP contribution in [0.15, 0.2) is 30.3 Å². The fourth-order valence-electron chi connectivity index (χ4n) is 8.56. The summed E-state index contributed by atoms with van der Waals surface area (Å²) in [5.74, 6) is 3.38. The van der Waals surface area contributed by atoms with Gasteiger partial charge in [0.25, 0.3) is 0 Å². The molecule has 0 aromatic heterocycles. The highest BCUT2D eigenvalue weighted by Gasteiger charge is 2.67. The Morgan fingerprint density at radius 3 is 2.23 bits per heavy atom. The number of unbranched alkanes of at least 4 members (excludes halogenated alkanes) is 4. The summed E-state index contributed by atoms with van der Waals surface area (Å²) in [4.78, 5) is 34.1. The minimum absolute atomic E-state index is 0.248. The zero-order chi connectivity index (χ0) is 29.4. The molecule has 40 heavy (non-hydrogen) atoms. The van der Waals surface area contributed by atoms with Crippen molar-refractivity contribution in [2.75, 3.05) is 0 Å². The van der Waals surface area contributed by atoms with Gasteiger partial charge in [0, 0.05) is 31.6 Å². The lowest BCUT2D eigenvalue weighted by molar-refractivity contribution is -0.124. The van der Waals surface area contributed by atoms with Gasteiger partial charge in [0.15, 0.2) is 0 Å². The fraction of sp³-hybridized carbons (Fsp3) is 0.757. The molecule has 0 radical (unpaired) electrons. The third-order valence-corrected chi connectivity index (χ3v) is 11.3. The number of hydrogen-bond donors (Lipinski definition) is 0. The van der Waals surface area contributed by atoms with E-state index in [4.69, 9.17) is 0 Å². The Kier molecular flexibility index (Phi) is 11.8. The topological polar surface area (TPSA) is 51.2 Å². The number of aryl methyl sites for hydroxylation is 1. The summed E-state index contributed by atoms with van der Waals surface area (Å²) in [5.41, 5.74) is 2.26. The first kappa shape index (κ1) is 32.7. The monoisotopic (exact) mass is 550 g/mol. The molecule has 4 fully saturated rings. The summed E-state index contributed by atoms with van der Waals surface area (Å²) in [6, 6.07) is 10.1. The first-order chi connectivity index (χ1) is 18.9. The number of hydrogen-bond acceptors (Lipinski definition) is 3. The Hall–Kier alpha value is -1.77. The van der Waals surface area contributed by atoms with Crippen molar-refractivity contribution in [1.82, 2.24) is 0 Å². The Morgan fingerprint density at radius 1 is 0.900 bits per heavy atom. The Balaban J connectivity index is 0.000000169. The summed E-state index contributed by atoms with van der Waals surface area (Å²) >= 11 is 0. The molecular formula is C37H58O3. The molecule has 4 aliphatic rings. The van der Waals surface area contributed by atoms with Crippen molar-refractivity contribution < 1.29 is 14.4 Å². The molecule has 5 unspecified atom stereocenters. The van der Waals surface area contributed by atoms with E-state index in [1.54, 1.807) is 6.92 Å². The van der Waals surface area contributed by atoms with Crippen LogP contribution in [-0.2, 0) is 20.8 Å². The van der Waals surface area contributed by atoms with Gasteiger partial charge in [0.2, 0.25) is 0 Å². The second-order valence-electron chi connectivity index (χ2n) is 14.8. The van der Waals surface area contributed by atoms with Gasteiger partial charge in [-0.05, 0) is 85.5 Å². The summed E-state index contributed by atoms with van der Waals surface area (Å²) in [6.07, 6.45) is 18.3. The predicted octanol–water partition coefficient (Wildman–Crippen LogP) is 9.74. The maximum Gasteiger partial charge on any atom is 0.135 e. The molecule has 4 bridgehead atoms. The van der Waals surface area contributed by atoms with E-state index in [1.165, 1.54) is 69.8 Å². The van der Waals surface area contributed by atoms with Crippen LogP contribution < -0.4 is 0 Å². The molecule has 0 saturated heterocycles. The summed E-state index contributed by atoms with van der Waals surface area (Å²) in [7, 11) is 0. The smallest absolute Gasteiger partial charge is 0.135 e. The molecule has 1 aromatic rings. The van der Waals surface area contributed by atoms with E-state index in [-0.39, 0.29) is 11.2 Å². The van der Waals surface area contributed by atoms with Gasteiger partial charge in [-0.25, -0.2) is 0 Å². The van der Waals surface area contributed by atoms with E-state index in [0.717, 1.165) is 43.9 Å². The molecule has 0 N–H and O–H groups in total. The standard InChI is InChI=1S/C15H24O.C12H22O.C10H12O/c1-13(2)7-10(16)8-15(4)11-5-6-14(15,3)9-12(11)13;1-2-3-4-5-6-8-11-9-7-10-12(11)13;1-9(11)7-8-10-5-3-2-4-6-10/h11-12H,5-9H2,1-4H3;11H,2-10H2,1H3;2-6H,7-8H2,1H3. The number of ketones is 3. The van der Waals surface area contributed by atoms with Crippen LogP contribution in [0.3, 0.4) is 0 Å². The summed E-state index contributed by atoms with van der Waals surface area (Å²) < 4.78 is 0. The quantitative estimate of drug-likeness (QED) is 0.288. The number of carbonyl (C=O) groups excluding carboxylic acids is 3. The molecule has 224 valence electrons. The fourth-order valence-corrected chi connectivity index (χ4v) is 8.56. The van der Waals surface area contributed by atoms with E-state index < -0.39 is 0 Å². The Labute approximate surface area is 245 Å². The highest BCUT2D eigenvalue weighted by Crippen LogP contribution is 2.73. The molecule has 0 amide bonds. The molecule has 1 aromatic carbocycles. The predicted molar refractivity (Wildman–Crippen MR) is 166 cm³/mol. The Bertz CT molecular complexity index is 978. The lowest BCUT2D eigenvalue weighted by Gasteiger charge is -2.40. The van der Waals surface area contributed by atoms with Crippen LogP contribution in [0.25, 0.3) is 0 Å². The van der Waals surface area contributed by atoms with Crippen molar-refractivity contribution in [3.05, 3.63) is 35.9 Å². The van der Waals surface area contributed by atoms with Gasteiger partial charge >= 0.3 is 0 Å². The van der Waals surface area contributed by atoms with Gasteiger partial charge in [0.1, 0.15) is 17.3 Å². The van der Waals surface area contributed by atoms with Gasteiger partial charge in [0.05, 0.1) is 0 Å². The van der Waals surface area contributed by atoms with Gasteiger partial charge in [-0.3, -0.25) is 9.59 Å². The van der Waals surface area contributed by atoms with Gasteiger partial charge < -0.3 is 4.79 Å². The van der Waals surface area contributed by atoms with Gasteiger partial charge in [-0.15, -0.1) is 0 Å². The lowest BCUT2D eigenvalue weighted by atomic mass is 9.64. The third kappa shape index (κ3) is 8.16. The lowest BCUT2D eigenvalue weighted by Crippen LogP contribution is -2.34. The van der Waals surface area contributed by atoms with E-state index in [2.05, 4.69) is 34.6 Å². The van der Waals surface area contributed by atoms with Crippen molar-refractivity contribution in [1.29, 1.82) is 0 Å². The zero-order valence-electron chi connectivity index (χ0n) is 26.7. The first-order valence-corrected chi connectivity index (χ1v) is 16.5. The van der Waals surface area contributed by atoms with E-state index in [0.29, 0.717) is 34.7 Å². The number of benzene rings is 1. The van der Waals surface area contributed by atoms with Crippen LogP contribution in [0.1, 0.15) is 143 Å². The van der Waals surface area contributed by atoms with Crippen LogP contribution in [-0.4, -0.2) is 17.3 Å². The molecule has 0 spiro atoms. The van der Waals surface area contributed by atoms with E-state index >= 15 is 0 Å². The van der Waals surface area contributed by atoms with E-state index in [1.807, 2.05) is 30.3 Å². The van der Waals surface area contributed by atoms with Gasteiger partial charge in [-0.1, -0.05) is 97.1 Å². The van der Waals surface area contributed by atoms with Crippen molar-refractivity contribution >= 4 is 17.3 Å². The summed E-state index contributed by atoms with van der Waals surface area (Å²) in [6.45, 7) is 13.4. The Morgan fingerprint density at radius 2 is 1.60 bits per heavy atom. The first-order valence-electron chi connectivity index (χ1n) is 16.5. The van der Waals surface area contributed by atoms with Crippen LogP contribution in [0.2, 0.25) is 0 Å². The molecule has 3 nitrogen and oxygen atoms in total. The summed E-state index contributed by atoms with van der Waals surface area (Å²) in [5, 5.41) is 0. The molecule has 0 heterocycles. The second-order valence-corrected chi connectivity index (χ2v) is 14.8. The molecule has 3 heteroatoms. The van der Waals surface area contributed by atoms with Crippen molar-refractivity contribution in [2.45, 2.75) is 144 Å². The normalized spacial score (nSPS) is 31.6. The zero-order valence-corrected chi connectivity index (χ0v) is 26.7. The third-order valence-electron chi connectivity index (χ3n) is 11.3. The second kappa shape index (κ2) is 14.4. The van der Waals surface area contributed by atoms with E-state index in [9.17, 15) is 14.4 Å². The SMILES string of the molecule is CC(=O)CCc1ccccc1.CC1(C)CC(=O)CC2(C)C3CCC2(C)CC31.CCCCCCCC1CCCC1=O. The molecule has 0 aliphatic heterocycles. The molecule has 5 atom stereocenters. The van der Waals surface area contributed by atoms with Crippen molar-refractivity contribution in [3.8, 4) is 0 Å². The molecular weight excluding hydrogens is 492 g/mol. The maximum absolute atomic E-state index is 12.2. The minimum Gasteiger partial charge on any atom is -0.300 e. The average molecular weight is 551 g/mol. The van der Waals surface area contributed by atoms with Gasteiger partial charge in [-0.2, -0.15) is 0 Å². The molecule has 5 rings (SSSR count). The number of carbonyl (C=O) groups is 3. The minimum atomic E-state index is 0.248. The maximum atomic E-state index is 12.2. The largest absolute Gasteiger partial charge is 0.300 e. The number of rotatable bonds is 9. The van der Waals surface area contributed by atoms with Crippen LogP contribution in [0, 0.1) is 34.0 Å².